The molecule has 0 aliphatic heterocycles. The lowest BCUT2D eigenvalue weighted by atomic mass is 9.98. The number of fused-ring (bicyclic) bond motifs is 1. The van der Waals surface area contributed by atoms with Crippen LogP contribution in [0, 0.1) is 18.8 Å². The van der Waals surface area contributed by atoms with Crippen molar-refractivity contribution in [1.82, 2.24) is 0 Å². The van der Waals surface area contributed by atoms with Crippen molar-refractivity contribution in [2.24, 2.45) is 11.8 Å². The van der Waals surface area contributed by atoms with Gasteiger partial charge < -0.3 is 5.11 Å². The molecule has 2 aliphatic rings. The van der Waals surface area contributed by atoms with Crippen molar-refractivity contribution in [3.63, 3.8) is 0 Å². The molecule has 2 fully saturated rings. The van der Waals surface area contributed by atoms with Gasteiger partial charge in [-0.3, -0.25) is 0 Å². The molecule has 14 heavy (non-hydrogen) atoms. The smallest absolute Gasteiger partial charge is 0.0960 e. The fourth-order valence-electron chi connectivity index (χ4n) is 3.24. The summed E-state index contributed by atoms with van der Waals surface area (Å²) in [6.07, 6.45) is 3.74. The van der Waals surface area contributed by atoms with Crippen molar-refractivity contribution >= 4 is 0 Å². The Bertz CT molecular complexity index is 359. The maximum Gasteiger partial charge on any atom is 0.0960 e. The first-order chi connectivity index (χ1) is 6.73. The Morgan fingerprint density at radius 1 is 1.29 bits per heavy atom. The van der Waals surface area contributed by atoms with Gasteiger partial charge in [0.1, 0.15) is 0 Å². The summed E-state index contributed by atoms with van der Waals surface area (Å²) in [6, 6.07) is 8.35. The molecule has 0 heterocycles. The van der Waals surface area contributed by atoms with Gasteiger partial charge >= 0.3 is 0 Å². The van der Waals surface area contributed by atoms with Crippen LogP contribution in [-0.4, -0.2) is 5.11 Å². The van der Waals surface area contributed by atoms with Crippen LogP contribution in [0.3, 0.4) is 0 Å². The number of aliphatic hydroxyl groups is 1. The third-order valence-corrected chi connectivity index (χ3v) is 4.02. The number of hydrogen-bond donors (Lipinski definition) is 1. The fraction of sp³-hybridized carbons (Fsp3) is 0.538. The molecular formula is C13H16O. The summed E-state index contributed by atoms with van der Waals surface area (Å²) >= 11 is 0. The minimum Gasteiger partial charge on any atom is -0.385 e. The quantitative estimate of drug-likeness (QED) is 0.718. The van der Waals surface area contributed by atoms with E-state index in [0.717, 1.165) is 5.56 Å². The molecule has 74 valence electrons. The van der Waals surface area contributed by atoms with Crippen molar-refractivity contribution in [1.29, 1.82) is 0 Å². The molecule has 0 amide bonds. The first-order valence-corrected chi connectivity index (χ1v) is 5.52. The molecule has 0 bridgehead atoms. The van der Waals surface area contributed by atoms with Gasteiger partial charge in [0.25, 0.3) is 0 Å². The molecule has 0 aromatic heterocycles. The van der Waals surface area contributed by atoms with Gasteiger partial charge in [-0.25, -0.2) is 0 Å². The van der Waals surface area contributed by atoms with E-state index in [1.165, 1.54) is 24.8 Å². The molecule has 3 rings (SSSR count). The monoisotopic (exact) mass is 188 g/mol. The van der Waals surface area contributed by atoms with E-state index in [1.54, 1.807) is 0 Å². The summed E-state index contributed by atoms with van der Waals surface area (Å²) in [5, 5.41) is 10.5. The van der Waals surface area contributed by atoms with Crippen LogP contribution in [0.1, 0.15) is 30.4 Å². The van der Waals surface area contributed by atoms with Crippen LogP contribution in [0.15, 0.2) is 24.3 Å². The molecule has 2 atom stereocenters. The van der Waals surface area contributed by atoms with Gasteiger partial charge in [-0.1, -0.05) is 36.2 Å². The Balaban J connectivity index is 1.97. The zero-order chi connectivity index (χ0) is 9.76. The van der Waals surface area contributed by atoms with E-state index >= 15 is 0 Å². The van der Waals surface area contributed by atoms with Crippen LogP contribution >= 0.6 is 0 Å². The van der Waals surface area contributed by atoms with Crippen LogP contribution in [0.4, 0.5) is 0 Å². The van der Waals surface area contributed by atoms with Crippen LogP contribution in [-0.2, 0) is 5.60 Å². The molecule has 1 nitrogen and oxygen atoms in total. The predicted octanol–water partition coefficient (Wildman–Crippen LogP) is 2.61. The van der Waals surface area contributed by atoms with Crippen LogP contribution in [0.25, 0.3) is 0 Å². The van der Waals surface area contributed by atoms with Crippen LogP contribution in [0.5, 0.6) is 0 Å². The van der Waals surface area contributed by atoms with Crippen molar-refractivity contribution in [3.8, 4) is 0 Å². The first-order valence-electron chi connectivity index (χ1n) is 5.52. The lowest BCUT2D eigenvalue weighted by molar-refractivity contribution is 0.105. The Labute approximate surface area is 84.8 Å². The third kappa shape index (κ3) is 0.936. The highest BCUT2D eigenvalue weighted by atomic mass is 16.3. The van der Waals surface area contributed by atoms with Crippen molar-refractivity contribution in [2.75, 3.05) is 0 Å². The second kappa shape index (κ2) is 2.60. The summed E-state index contributed by atoms with van der Waals surface area (Å²) in [5.41, 5.74) is 1.94. The predicted molar refractivity (Wildman–Crippen MR) is 55.9 cm³/mol. The second-order valence-corrected chi connectivity index (χ2v) is 4.84. The maximum absolute atomic E-state index is 10.5. The number of benzene rings is 1. The molecule has 2 unspecified atom stereocenters. The van der Waals surface area contributed by atoms with Crippen molar-refractivity contribution < 1.29 is 5.11 Å². The van der Waals surface area contributed by atoms with E-state index in [2.05, 4.69) is 31.2 Å². The summed E-state index contributed by atoms with van der Waals surface area (Å²) < 4.78 is 0. The fourth-order valence-corrected chi connectivity index (χ4v) is 3.24. The van der Waals surface area contributed by atoms with Crippen molar-refractivity contribution in [2.45, 2.75) is 31.8 Å². The van der Waals surface area contributed by atoms with Crippen LogP contribution < -0.4 is 0 Å². The highest BCUT2D eigenvalue weighted by Crippen LogP contribution is 2.66. The Hall–Kier alpha value is -0.820. The highest BCUT2D eigenvalue weighted by molar-refractivity contribution is 5.36. The summed E-state index contributed by atoms with van der Waals surface area (Å²) in [5.74, 6) is 1.12. The molecule has 0 radical (unpaired) electrons. The van der Waals surface area contributed by atoms with Gasteiger partial charge in [0, 0.05) is 0 Å². The Morgan fingerprint density at radius 2 is 2.00 bits per heavy atom. The maximum atomic E-state index is 10.5. The van der Waals surface area contributed by atoms with E-state index in [9.17, 15) is 5.11 Å². The lowest BCUT2D eigenvalue weighted by Crippen LogP contribution is -2.13. The van der Waals surface area contributed by atoms with Gasteiger partial charge in [0.15, 0.2) is 0 Å². The molecular weight excluding hydrogens is 172 g/mol. The molecule has 2 saturated carbocycles. The highest BCUT2D eigenvalue weighted by Gasteiger charge is 2.66. The van der Waals surface area contributed by atoms with E-state index in [0.29, 0.717) is 11.8 Å². The number of rotatable bonds is 1. The summed E-state index contributed by atoms with van der Waals surface area (Å²) in [4.78, 5) is 0. The zero-order valence-electron chi connectivity index (χ0n) is 8.53. The van der Waals surface area contributed by atoms with Gasteiger partial charge in [-0.05, 0) is 37.2 Å². The van der Waals surface area contributed by atoms with E-state index in [4.69, 9.17) is 0 Å². The Kier molecular flexibility index (Phi) is 1.58. The average Bonchev–Trinajstić information content (AvgIpc) is 2.62. The van der Waals surface area contributed by atoms with Gasteiger partial charge in [-0.15, -0.1) is 0 Å². The standard InChI is InChI=1S/C13H16O/c1-9-4-2-5-10(8-9)13(14)11-6-3-7-12(11)13/h2,4-5,8,11-12,14H,3,6-7H2,1H3. The van der Waals surface area contributed by atoms with Gasteiger partial charge in [0.2, 0.25) is 0 Å². The minimum absolute atomic E-state index is 0.454. The lowest BCUT2D eigenvalue weighted by Gasteiger charge is -2.15. The molecule has 0 spiro atoms. The third-order valence-electron chi connectivity index (χ3n) is 4.02. The normalized spacial score (nSPS) is 39.6. The summed E-state index contributed by atoms with van der Waals surface area (Å²) in [7, 11) is 0. The zero-order valence-corrected chi connectivity index (χ0v) is 8.53. The minimum atomic E-state index is -0.454. The Morgan fingerprint density at radius 3 is 2.64 bits per heavy atom. The topological polar surface area (TPSA) is 20.2 Å². The van der Waals surface area contributed by atoms with E-state index in [1.807, 2.05) is 0 Å². The SMILES string of the molecule is Cc1cccc(C2(O)C3CCCC32)c1. The number of hydrogen-bond acceptors (Lipinski definition) is 1. The largest absolute Gasteiger partial charge is 0.385 e. The van der Waals surface area contributed by atoms with Crippen LogP contribution in [0.2, 0.25) is 0 Å². The van der Waals surface area contributed by atoms with E-state index in [-0.39, 0.29) is 0 Å². The molecule has 0 saturated heterocycles. The molecule has 1 aromatic carbocycles. The van der Waals surface area contributed by atoms with Gasteiger partial charge in [-0.2, -0.15) is 0 Å². The molecule has 1 heteroatoms. The molecule has 2 aliphatic carbocycles. The van der Waals surface area contributed by atoms with Gasteiger partial charge in [0.05, 0.1) is 5.60 Å². The second-order valence-electron chi connectivity index (χ2n) is 4.84. The molecule has 1 aromatic rings. The first kappa shape index (κ1) is 8.49. The van der Waals surface area contributed by atoms with Crippen molar-refractivity contribution in [3.05, 3.63) is 35.4 Å². The average molecular weight is 188 g/mol. The number of aryl methyl sites for hydroxylation is 1. The van der Waals surface area contributed by atoms with E-state index < -0.39 is 5.60 Å². The molecule has 1 N–H and O–H groups in total. The summed E-state index contributed by atoms with van der Waals surface area (Å²) in [6.45, 7) is 2.09.